The molecule has 1 rings (SSSR count). The van der Waals surface area contributed by atoms with Crippen LogP contribution in [0, 0.1) is 0 Å². The van der Waals surface area contributed by atoms with Crippen molar-refractivity contribution in [3.63, 3.8) is 0 Å². The van der Waals surface area contributed by atoms with Gasteiger partial charge in [-0.2, -0.15) is 0 Å². The Labute approximate surface area is 105 Å². The van der Waals surface area contributed by atoms with E-state index in [4.69, 9.17) is 27.9 Å². The van der Waals surface area contributed by atoms with E-state index in [0.29, 0.717) is 21.4 Å². The summed E-state index contributed by atoms with van der Waals surface area (Å²) >= 11 is 11.8. The third-order valence-corrected chi connectivity index (χ3v) is 2.55. The molecular formula is C11H13Cl2NO2. The molecule has 0 aliphatic heterocycles. The van der Waals surface area contributed by atoms with E-state index in [1.807, 2.05) is 6.92 Å². The highest BCUT2D eigenvalue weighted by Crippen LogP contribution is 2.32. The number of benzene rings is 1. The Bertz CT molecular complexity index is 394. The first-order chi connectivity index (χ1) is 7.60. The van der Waals surface area contributed by atoms with Gasteiger partial charge in [0.05, 0.1) is 24.2 Å². The molecule has 0 bridgehead atoms. The molecule has 0 amide bonds. The first kappa shape index (κ1) is 13.3. The largest absolute Gasteiger partial charge is 0.494 e. The highest BCUT2D eigenvalue weighted by molar-refractivity contribution is 6.36. The summed E-state index contributed by atoms with van der Waals surface area (Å²) < 4.78 is 5.09. The van der Waals surface area contributed by atoms with Crippen LogP contribution in [0.15, 0.2) is 12.1 Å². The first-order valence-electron chi connectivity index (χ1n) is 4.87. The van der Waals surface area contributed by atoms with E-state index in [-0.39, 0.29) is 12.3 Å². The molecule has 0 aliphatic rings. The number of hydrogen-bond donors (Lipinski definition) is 1. The van der Waals surface area contributed by atoms with E-state index in [2.05, 4.69) is 5.32 Å². The maximum absolute atomic E-state index is 11.8. The second-order valence-electron chi connectivity index (χ2n) is 3.17. The lowest BCUT2D eigenvalue weighted by atomic mass is 10.1. The molecule has 0 aliphatic carbocycles. The van der Waals surface area contributed by atoms with Crippen LogP contribution in [0.1, 0.15) is 17.3 Å². The fraction of sp³-hybridized carbons (Fsp3) is 0.364. The zero-order valence-corrected chi connectivity index (χ0v) is 10.7. The molecule has 5 heteroatoms. The van der Waals surface area contributed by atoms with Crippen molar-refractivity contribution in [3.8, 4) is 5.75 Å². The number of ketones is 1. The summed E-state index contributed by atoms with van der Waals surface area (Å²) in [6.45, 7) is 2.89. The van der Waals surface area contributed by atoms with Crippen molar-refractivity contribution in [2.45, 2.75) is 6.92 Å². The molecule has 0 saturated heterocycles. The number of halogens is 2. The normalized spacial score (nSPS) is 10.2. The van der Waals surface area contributed by atoms with Crippen LogP contribution in [0.2, 0.25) is 10.0 Å². The number of Topliss-reactive ketones (excluding diaryl/α,β-unsaturated/α-hetero) is 1. The zero-order chi connectivity index (χ0) is 12.1. The molecule has 0 atom stereocenters. The van der Waals surface area contributed by atoms with E-state index < -0.39 is 0 Å². The van der Waals surface area contributed by atoms with E-state index in [1.165, 1.54) is 7.11 Å². The predicted octanol–water partition coefficient (Wildman–Crippen LogP) is 2.79. The van der Waals surface area contributed by atoms with Crippen LogP contribution in [-0.4, -0.2) is 26.0 Å². The number of carbonyl (C=O) groups is 1. The minimum Gasteiger partial charge on any atom is -0.494 e. The van der Waals surface area contributed by atoms with Crippen molar-refractivity contribution in [2.75, 3.05) is 20.2 Å². The predicted molar refractivity (Wildman–Crippen MR) is 65.9 cm³/mol. The molecule has 0 heterocycles. The van der Waals surface area contributed by atoms with Crippen molar-refractivity contribution in [3.05, 3.63) is 27.7 Å². The molecule has 0 fully saturated rings. The molecule has 0 saturated carbocycles. The number of rotatable bonds is 5. The quantitative estimate of drug-likeness (QED) is 0.829. The topological polar surface area (TPSA) is 38.3 Å². The van der Waals surface area contributed by atoms with Crippen LogP contribution in [0.25, 0.3) is 0 Å². The molecule has 1 aromatic rings. The third-order valence-electron chi connectivity index (χ3n) is 2.05. The van der Waals surface area contributed by atoms with Crippen molar-refractivity contribution >= 4 is 29.0 Å². The highest BCUT2D eigenvalue weighted by Gasteiger charge is 2.15. The van der Waals surface area contributed by atoms with Gasteiger partial charge in [0.1, 0.15) is 5.75 Å². The fourth-order valence-electron chi connectivity index (χ4n) is 1.31. The van der Waals surface area contributed by atoms with Gasteiger partial charge < -0.3 is 10.1 Å². The minimum atomic E-state index is -0.0944. The van der Waals surface area contributed by atoms with Gasteiger partial charge in [0, 0.05) is 5.02 Å². The maximum Gasteiger partial charge on any atom is 0.180 e. The van der Waals surface area contributed by atoms with E-state index in [1.54, 1.807) is 12.1 Å². The van der Waals surface area contributed by atoms with E-state index in [9.17, 15) is 4.79 Å². The van der Waals surface area contributed by atoms with Crippen LogP contribution >= 0.6 is 23.2 Å². The third kappa shape index (κ3) is 3.11. The first-order valence-corrected chi connectivity index (χ1v) is 5.62. The lowest BCUT2D eigenvalue weighted by Gasteiger charge is -2.10. The molecule has 88 valence electrons. The second-order valence-corrected chi connectivity index (χ2v) is 4.02. The second kappa shape index (κ2) is 6.09. The Hall–Kier alpha value is -0.770. The minimum absolute atomic E-state index is 0.0944. The Kier molecular flexibility index (Phi) is 5.06. The van der Waals surface area contributed by atoms with Gasteiger partial charge >= 0.3 is 0 Å². The molecule has 1 aromatic carbocycles. The molecular weight excluding hydrogens is 249 g/mol. The van der Waals surface area contributed by atoms with Gasteiger partial charge in [-0.05, 0) is 18.7 Å². The molecule has 1 N–H and O–H groups in total. The summed E-state index contributed by atoms with van der Waals surface area (Å²) in [5, 5.41) is 3.71. The number of ether oxygens (including phenoxy) is 1. The van der Waals surface area contributed by atoms with E-state index in [0.717, 1.165) is 6.54 Å². The Morgan fingerprint density at radius 1 is 1.44 bits per heavy atom. The van der Waals surface area contributed by atoms with Crippen molar-refractivity contribution in [2.24, 2.45) is 0 Å². The monoisotopic (exact) mass is 261 g/mol. The average molecular weight is 262 g/mol. The van der Waals surface area contributed by atoms with Crippen LogP contribution < -0.4 is 10.1 Å². The van der Waals surface area contributed by atoms with Gasteiger partial charge in [-0.15, -0.1) is 0 Å². The lowest BCUT2D eigenvalue weighted by molar-refractivity contribution is 0.0989. The molecule has 0 aromatic heterocycles. The maximum atomic E-state index is 11.8. The average Bonchev–Trinajstić information content (AvgIpc) is 2.24. The summed E-state index contributed by atoms with van der Waals surface area (Å²) in [5.41, 5.74) is 0.404. The van der Waals surface area contributed by atoms with Crippen molar-refractivity contribution in [1.29, 1.82) is 0 Å². The van der Waals surface area contributed by atoms with Crippen molar-refractivity contribution in [1.82, 2.24) is 5.32 Å². The van der Waals surface area contributed by atoms with Crippen LogP contribution in [0.3, 0.4) is 0 Å². The van der Waals surface area contributed by atoms with Gasteiger partial charge in [0.2, 0.25) is 0 Å². The van der Waals surface area contributed by atoms with Gasteiger partial charge in [-0.3, -0.25) is 4.79 Å². The molecule has 16 heavy (non-hydrogen) atoms. The van der Waals surface area contributed by atoms with Crippen LogP contribution in [0.4, 0.5) is 0 Å². The van der Waals surface area contributed by atoms with Crippen molar-refractivity contribution < 1.29 is 9.53 Å². The highest BCUT2D eigenvalue weighted by atomic mass is 35.5. The lowest BCUT2D eigenvalue weighted by Crippen LogP contribution is -2.23. The smallest absolute Gasteiger partial charge is 0.180 e. The number of methoxy groups -OCH3 is 1. The summed E-state index contributed by atoms with van der Waals surface area (Å²) in [6.07, 6.45) is 0. The van der Waals surface area contributed by atoms with Crippen LogP contribution in [-0.2, 0) is 0 Å². The number of hydrogen-bond acceptors (Lipinski definition) is 3. The molecule has 3 nitrogen and oxygen atoms in total. The number of nitrogens with one attached hydrogen (secondary N) is 1. The Morgan fingerprint density at radius 3 is 2.69 bits per heavy atom. The zero-order valence-electron chi connectivity index (χ0n) is 9.14. The molecule has 0 radical (unpaired) electrons. The van der Waals surface area contributed by atoms with Gasteiger partial charge in [0.15, 0.2) is 5.78 Å². The van der Waals surface area contributed by atoms with Gasteiger partial charge in [-0.25, -0.2) is 0 Å². The number of carbonyl (C=O) groups excluding carboxylic acids is 1. The SMILES string of the molecule is CCNCC(=O)c1cc(Cl)cc(Cl)c1OC. The standard InChI is InChI=1S/C11H13Cl2NO2/c1-3-14-6-10(15)8-4-7(12)5-9(13)11(8)16-2/h4-5,14H,3,6H2,1-2H3. The molecule has 0 spiro atoms. The van der Waals surface area contributed by atoms with Gasteiger partial charge in [0.25, 0.3) is 0 Å². The number of likely N-dealkylation sites (N-methyl/N-ethyl adjacent to an activating group) is 1. The summed E-state index contributed by atoms with van der Waals surface area (Å²) in [6, 6.07) is 3.11. The Balaban J connectivity index is 3.05. The fourth-order valence-corrected chi connectivity index (χ4v) is 1.88. The summed E-state index contributed by atoms with van der Waals surface area (Å²) in [7, 11) is 1.47. The Morgan fingerprint density at radius 2 is 2.12 bits per heavy atom. The molecule has 0 unspecified atom stereocenters. The van der Waals surface area contributed by atoms with Crippen LogP contribution in [0.5, 0.6) is 5.75 Å². The van der Waals surface area contributed by atoms with E-state index >= 15 is 0 Å². The van der Waals surface area contributed by atoms with Gasteiger partial charge in [-0.1, -0.05) is 30.1 Å². The summed E-state index contributed by atoms with van der Waals surface area (Å²) in [4.78, 5) is 11.8. The summed E-state index contributed by atoms with van der Waals surface area (Å²) in [5.74, 6) is 0.275.